The Kier molecular flexibility index (Phi) is 7.00. The molecule has 152 valence electrons. The van der Waals surface area contributed by atoms with Crippen LogP contribution in [0.4, 0.5) is 5.69 Å². The Balaban J connectivity index is 1.48. The van der Waals surface area contributed by atoms with Crippen LogP contribution in [0.3, 0.4) is 0 Å². The third-order valence-corrected chi connectivity index (χ3v) is 5.06. The van der Waals surface area contributed by atoms with Gasteiger partial charge < -0.3 is 15.7 Å². The Bertz CT molecular complexity index is 880. The van der Waals surface area contributed by atoms with Gasteiger partial charge >= 0.3 is 5.97 Å². The fraction of sp³-hybridized carbons (Fsp3) is 0.348. The van der Waals surface area contributed by atoms with Gasteiger partial charge in [0.2, 0.25) is 11.8 Å². The zero-order chi connectivity index (χ0) is 20.6. The minimum Gasteiger partial charge on any atom is -0.481 e. The van der Waals surface area contributed by atoms with Crippen molar-refractivity contribution in [2.75, 3.05) is 5.32 Å². The topological polar surface area (TPSA) is 95.5 Å². The predicted octanol–water partition coefficient (Wildman–Crippen LogP) is 3.10. The molecular formula is C23H26N2O4. The standard InChI is InChI=1S/C23H26N2O4/c26-21(8-4-7-17-9-11-20-18(13-17)15-22(27)25-20)24-19(10-12-23(28)29)14-16-5-2-1-3-6-16/h1-3,5-6,9,11,13,19H,4,7-8,10,12,14-15H2,(H,24,26)(H,25,27)(H,28,29). The molecule has 6 heteroatoms. The molecule has 0 spiro atoms. The second kappa shape index (κ2) is 9.87. The maximum Gasteiger partial charge on any atom is 0.303 e. The number of carboxylic acids is 1. The molecule has 0 aliphatic carbocycles. The van der Waals surface area contributed by atoms with Crippen molar-refractivity contribution in [1.82, 2.24) is 5.32 Å². The molecule has 0 saturated heterocycles. The number of anilines is 1. The quantitative estimate of drug-likeness (QED) is 0.577. The minimum atomic E-state index is -0.859. The van der Waals surface area contributed by atoms with E-state index in [2.05, 4.69) is 10.6 Å². The molecule has 0 fully saturated rings. The van der Waals surface area contributed by atoms with E-state index in [0.717, 1.165) is 28.8 Å². The zero-order valence-corrected chi connectivity index (χ0v) is 16.3. The van der Waals surface area contributed by atoms with E-state index >= 15 is 0 Å². The maximum atomic E-state index is 12.4. The van der Waals surface area contributed by atoms with Crippen molar-refractivity contribution in [3.05, 3.63) is 65.2 Å². The Hall–Kier alpha value is -3.15. The fourth-order valence-electron chi connectivity index (χ4n) is 3.61. The van der Waals surface area contributed by atoms with E-state index in [1.165, 1.54) is 0 Å². The molecule has 2 aromatic carbocycles. The summed E-state index contributed by atoms with van der Waals surface area (Å²) < 4.78 is 0. The third-order valence-electron chi connectivity index (χ3n) is 5.06. The van der Waals surface area contributed by atoms with Gasteiger partial charge in [-0.05, 0) is 48.4 Å². The summed E-state index contributed by atoms with van der Waals surface area (Å²) in [6.07, 6.45) is 3.30. The summed E-state index contributed by atoms with van der Waals surface area (Å²) in [6.45, 7) is 0. The first-order valence-electron chi connectivity index (χ1n) is 9.96. The summed E-state index contributed by atoms with van der Waals surface area (Å²) in [5.41, 5.74) is 4.07. The second-order valence-corrected chi connectivity index (χ2v) is 7.46. The molecule has 1 aliphatic heterocycles. The highest BCUT2D eigenvalue weighted by Gasteiger charge is 2.18. The summed E-state index contributed by atoms with van der Waals surface area (Å²) >= 11 is 0. The number of aryl methyl sites for hydroxylation is 1. The van der Waals surface area contributed by atoms with E-state index in [1.807, 2.05) is 48.5 Å². The number of carbonyl (C=O) groups excluding carboxylic acids is 2. The van der Waals surface area contributed by atoms with Gasteiger partial charge in [0.25, 0.3) is 0 Å². The third kappa shape index (κ3) is 6.45. The molecular weight excluding hydrogens is 368 g/mol. The molecule has 3 N–H and O–H groups in total. The van der Waals surface area contributed by atoms with Crippen LogP contribution in [0.5, 0.6) is 0 Å². The smallest absolute Gasteiger partial charge is 0.303 e. The molecule has 29 heavy (non-hydrogen) atoms. The summed E-state index contributed by atoms with van der Waals surface area (Å²) in [5, 5.41) is 14.8. The average molecular weight is 394 g/mol. The number of hydrogen-bond acceptors (Lipinski definition) is 3. The average Bonchev–Trinajstić information content (AvgIpc) is 3.06. The van der Waals surface area contributed by atoms with Crippen molar-refractivity contribution in [1.29, 1.82) is 0 Å². The van der Waals surface area contributed by atoms with Crippen LogP contribution >= 0.6 is 0 Å². The number of nitrogens with one attached hydrogen (secondary N) is 2. The summed E-state index contributed by atoms with van der Waals surface area (Å²) in [5.74, 6) is -0.904. The van der Waals surface area contributed by atoms with Crippen LogP contribution in [-0.2, 0) is 33.6 Å². The molecule has 0 bridgehead atoms. The Morgan fingerprint density at radius 3 is 2.62 bits per heavy atom. The predicted molar refractivity (Wildman–Crippen MR) is 111 cm³/mol. The lowest BCUT2D eigenvalue weighted by atomic mass is 10.0. The molecule has 3 rings (SSSR count). The Labute approximate surface area is 170 Å². The first-order valence-corrected chi connectivity index (χ1v) is 9.96. The lowest BCUT2D eigenvalue weighted by Crippen LogP contribution is -2.36. The largest absolute Gasteiger partial charge is 0.481 e. The zero-order valence-electron chi connectivity index (χ0n) is 16.3. The first kappa shape index (κ1) is 20.6. The van der Waals surface area contributed by atoms with E-state index in [1.54, 1.807) is 0 Å². The number of amides is 2. The van der Waals surface area contributed by atoms with Gasteiger partial charge in [0.15, 0.2) is 0 Å². The van der Waals surface area contributed by atoms with Crippen LogP contribution in [0, 0.1) is 0 Å². The van der Waals surface area contributed by atoms with Gasteiger partial charge in [0, 0.05) is 24.6 Å². The van der Waals surface area contributed by atoms with Crippen molar-refractivity contribution in [3.63, 3.8) is 0 Å². The van der Waals surface area contributed by atoms with Gasteiger partial charge in [-0.15, -0.1) is 0 Å². The summed E-state index contributed by atoms with van der Waals surface area (Å²) in [6, 6.07) is 15.5. The van der Waals surface area contributed by atoms with Gasteiger partial charge in [-0.25, -0.2) is 0 Å². The molecule has 1 atom stereocenters. The van der Waals surface area contributed by atoms with E-state index < -0.39 is 5.97 Å². The molecule has 2 amide bonds. The molecule has 0 radical (unpaired) electrons. The normalized spacial score (nSPS) is 13.4. The van der Waals surface area contributed by atoms with Gasteiger partial charge in [0.05, 0.1) is 6.42 Å². The fourth-order valence-corrected chi connectivity index (χ4v) is 3.61. The number of carboxylic acid groups (broad SMARTS) is 1. The van der Waals surface area contributed by atoms with E-state index in [0.29, 0.717) is 32.1 Å². The van der Waals surface area contributed by atoms with Crippen molar-refractivity contribution < 1.29 is 19.5 Å². The van der Waals surface area contributed by atoms with Crippen LogP contribution < -0.4 is 10.6 Å². The highest BCUT2D eigenvalue weighted by atomic mass is 16.4. The number of rotatable bonds is 10. The lowest BCUT2D eigenvalue weighted by Gasteiger charge is -2.18. The molecule has 1 aliphatic rings. The minimum absolute atomic E-state index is 0.0161. The number of aliphatic carboxylic acids is 1. The molecule has 1 unspecified atom stereocenters. The number of fused-ring (bicyclic) bond motifs is 1. The summed E-state index contributed by atoms with van der Waals surface area (Å²) in [7, 11) is 0. The maximum absolute atomic E-state index is 12.4. The number of hydrogen-bond donors (Lipinski definition) is 3. The van der Waals surface area contributed by atoms with Gasteiger partial charge in [0.1, 0.15) is 0 Å². The number of benzene rings is 2. The van der Waals surface area contributed by atoms with Gasteiger partial charge in [-0.3, -0.25) is 14.4 Å². The Morgan fingerprint density at radius 2 is 1.86 bits per heavy atom. The van der Waals surface area contributed by atoms with Crippen molar-refractivity contribution in [2.45, 2.75) is 51.0 Å². The van der Waals surface area contributed by atoms with Crippen LogP contribution in [0.2, 0.25) is 0 Å². The van der Waals surface area contributed by atoms with E-state index in [4.69, 9.17) is 5.11 Å². The number of carbonyl (C=O) groups is 3. The van der Waals surface area contributed by atoms with Crippen molar-refractivity contribution in [3.8, 4) is 0 Å². The monoisotopic (exact) mass is 394 g/mol. The molecule has 2 aromatic rings. The second-order valence-electron chi connectivity index (χ2n) is 7.46. The van der Waals surface area contributed by atoms with E-state index in [9.17, 15) is 14.4 Å². The van der Waals surface area contributed by atoms with Gasteiger partial charge in [-0.2, -0.15) is 0 Å². The SMILES string of the molecule is O=C(O)CCC(Cc1ccccc1)NC(=O)CCCc1ccc2c(c1)CC(=O)N2. The molecule has 0 aromatic heterocycles. The highest BCUT2D eigenvalue weighted by molar-refractivity contribution is 5.99. The highest BCUT2D eigenvalue weighted by Crippen LogP contribution is 2.24. The molecule has 1 heterocycles. The van der Waals surface area contributed by atoms with Crippen LogP contribution in [-0.4, -0.2) is 28.9 Å². The van der Waals surface area contributed by atoms with Crippen molar-refractivity contribution >= 4 is 23.5 Å². The van der Waals surface area contributed by atoms with Crippen LogP contribution in [0.25, 0.3) is 0 Å². The van der Waals surface area contributed by atoms with Crippen LogP contribution in [0.1, 0.15) is 42.4 Å². The lowest BCUT2D eigenvalue weighted by molar-refractivity contribution is -0.137. The first-order chi connectivity index (χ1) is 14.0. The summed E-state index contributed by atoms with van der Waals surface area (Å²) in [4.78, 5) is 34.8. The van der Waals surface area contributed by atoms with Crippen LogP contribution in [0.15, 0.2) is 48.5 Å². The Morgan fingerprint density at radius 1 is 1.07 bits per heavy atom. The molecule has 0 saturated carbocycles. The molecule has 6 nitrogen and oxygen atoms in total. The van der Waals surface area contributed by atoms with Gasteiger partial charge in [-0.1, -0.05) is 42.5 Å². The van der Waals surface area contributed by atoms with Crippen molar-refractivity contribution in [2.24, 2.45) is 0 Å². The van der Waals surface area contributed by atoms with E-state index in [-0.39, 0.29) is 24.3 Å².